The molecule has 1 N–H and O–H groups in total. The normalized spacial score (nSPS) is 11.9. The molecule has 2 aromatic rings. The maximum atomic E-state index is 11.9. The van der Waals surface area contributed by atoms with Crippen molar-refractivity contribution in [3.8, 4) is 5.75 Å². The van der Waals surface area contributed by atoms with Gasteiger partial charge in [-0.1, -0.05) is 25.1 Å². The first-order valence-electron chi connectivity index (χ1n) is 6.72. The molecule has 2 rings (SSSR count). The molecule has 0 aliphatic rings. The molecule has 5 nitrogen and oxygen atoms in total. The molecule has 0 fully saturated rings. The lowest BCUT2D eigenvalue weighted by Crippen LogP contribution is -2.22. The second-order valence-corrected chi connectivity index (χ2v) is 4.57. The first-order chi connectivity index (χ1) is 9.70. The standard InChI is InChI=1S/C15H19N3O2/c1-3-12(2)18-14(9-10-16-18)17-15(19)11-20-13-7-5-4-6-8-13/h4-10,12H,3,11H2,1-2H3,(H,17,19)/t12-/m1/s1. The van der Waals surface area contributed by atoms with Gasteiger partial charge < -0.3 is 10.1 Å². The molecule has 1 atom stereocenters. The number of hydrogen-bond acceptors (Lipinski definition) is 3. The number of rotatable bonds is 6. The van der Waals surface area contributed by atoms with Crippen LogP contribution in [0.4, 0.5) is 5.82 Å². The smallest absolute Gasteiger partial charge is 0.263 e. The van der Waals surface area contributed by atoms with Crippen molar-refractivity contribution < 1.29 is 9.53 Å². The number of carbonyl (C=O) groups is 1. The van der Waals surface area contributed by atoms with Crippen LogP contribution < -0.4 is 10.1 Å². The van der Waals surface area contributed by atoms with Gasteiger partial charge in [-0.3, -0.25) is 4.79 Å². The van der Waals surface area contributed by atoms with Gasteiger partial charge in [-0.05, 0) is 25.5 Å². The van der Waals surface area contributed by atoms with Crippen LogP contribution >= 0.6 is 0 Å². The van der Waals surface area contributed by atoms with E-state index in [1.165, 1.54) is 0 Å². The molecule has 0 radical (unpaired) electrons. The van der Waals surface area contributed by atoms with Crippen LogP contribution in [-0.4, -0.2) is 22.3 Å². The number of benzene rings is 1. The predicted molar refractivity (Wildman–Crippen MR) is 77.8 cm³/mol. The number of anilines is 1. The first-order valence-corrected chi connectivity index (χ1v) is 6.72. The minimum absolute atomic E-state index is 0.0182. The number of nitrogens with zero attached hydrogens (tertiary/aromatic N) is 2. The molecule has 0 aliphatic carbocycles. The van der Waals surface area contributed by atoms with E-state index >= 15 is 0 Å². The van der Waals surface area contributed by atoms with E-state index in [4.69, 9.17) is 4.74 Å². The fraction of sp³-hybridized carbons (Fsp3) is 0.333. The molecule has 0 unspecified atom stereocenters. The Labute approximate surface area is 118 Å². The Bertz CT molecular complexity index is 551. The van der Waals surface area contributed by atoms with Crippen molar-refractivity contribution in [1.82, 2.24) is 9.78 Å². The third-order valence-corrected chi connectivity index (χ3v) is 3.06. The third-order valence-electron chi connectivity index (χ3n) is 3.06. The largest absolute Gasteiger partial charge is 0.484 e. The molecule has 106 valence electrons. The molecule has 5 heteroatoms. The Morgan fingerprint density at radius 3 is 2.80 bits per heavy atom. The second kappa shape index (κ2) is 6.75. The van der Waals surface area contributed by atoms with E-state index in [0.29, 0.717) is 11.6 Å². The monoisotopic (exact) mass is 273 g/mol. The van der Waals surface area contributed by atoms with Crippen molar-refractivity contribution in [2.45, 2.75) is 26.3 Å². The van der Waals surface area contributed by atoms with Gasteiger partial charge in [0.25, 0.3) is 5.91 Å². The quantitative estimate of drug-likeness (QED) is 0.880. The highest BCUT2D eigenvalue weighted by molar-refractivity contribution is 5.91. The number of para-hydroxylation sites is 1. The minimum Gasteiger partial charge on any atom is -0.484 e. The van der Waals surface area contributed by atoms with E-state index in [1.54, 1.807) is 16.9 Å². The van der Waals surface area contributed by atoms with Crippen LogP contribution in [0.25, 0.3) is 0 Å². The topological polar surface area (TPSA) is 56.2 Å². The van der Waals surface area contributed by atoms with Gasteiger partial charge in [0.1, 0.15) is 11.6 Å². The zero-order valence-electron chi connectivity index (χ0n) is 11.7. The van der Waals surface area contributed by atoms with Gasteiger partial charge in [0.2, 0.25) is 0 Å². The number of nitrogens with one attached hydrogen (secondary N) is 1. The number of ether oxygens (including phenoxy) is 1. The second-order valence-electron chi connectivity index (χ2n) is 4.57. The fourth-order valence-electron chi connectivity index (χ4n) is 1.78. The zero-order chi connectivity index (χ0) is 14.4. The van der Waals surface area contributed by atoms with Crippen LogP contribution in [0.5, 0.6) is 5.75 Å². The molecular weight excluding hydrogens is 254 g/mol. The van der Waals surface area contributed by atoms with E-state index in [2.05, 4.69) is 24.3 Å². The van der Waals surface area contributed by atoms with Crippen LogP contribution in [0.1, 0.15) is 26.3 Å². The van der Waals surface area contributed by atoms with Crippen molar-refractivity contribution in [3.63, 3.8) is 0 Å². The van der Waals surface area contributed by atoms with Gasteiger partial charge in [0.05, 0.1) is 12.2 Å². The molecule has 20 heavy (non-hydrogen) atoms. The number of hydrogen-bond donors (Lipinski definition) is 1. The molecule has 1 aromatic heterocycles. The van der Waals surface area contributed by atoms with E-state index in [-0.39, 0.29) is 18.6 Å². The molecule has 0 saturated heterocycles. The lowest BCUT2D eigenvalue weighted by molar-refractivity contribution is -0.118. The van der Waals surface area contributed by atoms with Crippen LogP contribution in [0.3, 0.4) is 0 Å². The first kappa shape index (κ1) is 14.1. The highest BCUT2D eigenvalue weighted by Crippen LogP contribution is 2.16. The van der Waals surface area contributed by atoms with Gasteiger partial charge in [-0.25, -0.2) is 4.68 Å². The molecule has 1 heterocycles. The van der Waals surface area contributed by atoms with E-state index < -0.39 is 0 Å². The molecule has 0 spiro atoms. The number of amides is 1. The molecule has 0 aliphatic heterocycles. The summed E-state index contributed by atoms with van der Waals surface area (Å²) in [7, 11) is 0. The summed E-state index contributed by atoms with van der Waals surface area (Å²) in [6.07, 6.45) is 2.63. The average Bonchev–Trinajstić information content (AvgIpc) is 2.93. The van der Waals surface area contributed by atoms with Gasteiger partial charge in [-0.2, -0.15) is 5.10 Å². The van der Waals surface area contributed by atoms with E-state index in [1.807, 2.05) is 30.3 Å². The lowest BCUT2D eigenvalue weighted by atomic mass is 10.3. The van der Waals surface area contributed by atoms with Crippen LogP contribution in [0.15, 0.2) is 42.6 Å². The molecular formula is C15H19N3O2. The fourth-order valence-corrected chi connectivity index (χ4v) is 1.78. The van der Waals surface area contributed by atoms with Crippen molar-refractivity contribution in [3.05, 3.63) is 42.6 Å². The highest BCUT2D eigenvalue weighted by Gasteiger charge is 2.11. The maximum Gasteiger partial charge on any atom is 0.263 e. The third kappa shape index (κ3) is 3.60. The number of aromatic nitrogens is 2. The van der Waals surface area contributed by atoms with Crippen molar-refractivity contribution in [2.75, 3.05) is 11.9 Å². The SMILES string of the molecule is CC[C@@H](C)n1nccc1NC(=O)COc1ccccc1. The Hall–Kier alpha value is -2.30. The van der Waals surface area contributed by atoms with Gasteiger partial charge in [-0.15, -0.1) is 0 Å². The predicted octanol–water partition coefficient (Wildman–Crippen LogP) is 2.87. The summed E-state index contributed by atoms with van der Waals surface area (Å²) < 4.78 is 7.21. The van der Waals surface area contributed by atoms with Crippen molar-refractivity contribution in [2.24, 2.45) is 0 Å². The summed E-state index contributed by atoms with van der Waals surface area (Å²) in [5.74, 6) is 1.18. The van der Waals surface area contributed by atoms with Gasteiger partial charge in [0, 0.05) is 6.07 Å². The Balaban J connectivity index is 1.90. The lowest BCUT2D eigenvalue weighted by Gasteiger charge is -2.14. The van der Waals surface area contributed by atoms with Crippen molar-refractivity contribution >= 4 is 11.7 Å². The van der Waals surface area contributed by atoms with E-state index in [9.17, 15) is 4.79 Å². The number of carbonyl (C=O) groups excluding carboxylic acids is 1. The van der Waals surface area contributed by atoms with Gasteiger partial charge >= 0.3 is 0 Å². The minimum atomic E-state index is -0.195. The highest BCUT2D eigenvalue weighted by atomic mass is 16.5. The summed E-state index contributed by atoms with van der Waals surface area (Å²) in [6, 6.07) is 11.3. The maximum absolute atomic E-state index is 11.9. The molecule has 1 amide bonds. The Kier molecular flexibility index (Phi) is 4.76. The van der Waals surface area contributed by atoms with Crippen molar-refractivity contribution in [1.29, 1.82) is 0 Å². The summed E-state index contributed by atoms with van der Waals surface area (Å²) in [4.78, 5) is 11.9. The average molecular weight is 273 g/mol. The summed E-state index contributed by atoms with van der Waals surface area (Å²) >= 11 is 0. The summed E-state index contributed by atoms with van der Waals surface area (Å²) in [6.45, 7) is 4.12. The van der Waals surface area contributed by atoms with Crippen LogP contribution in [-0.2, 0) is 4.79 Å². The molecule has 0 saturated carbocycles. The van der Waals surface area contributed by atoms with Gasteiger partial charge in [0.15, 0.2) is 6.61 Å². The van der Waals surface area contributed by atoms with E-state index in [0.717, 1.165) is 6.42 Å². The van der Waals surface area contributed by atoms with Crippen LogP contribution in [0.2, 0.25) is 0 Å². The Morgan fingerprint density at radius 1 is 1.35 bits per heavy atom. The summed E-state index contributed by atoms with van der Waals surface area (Å²) in [5.41, 5.74) is 0. The van der Waals surface area contributed by atoms with Crippen LogP contribution in [0, 0.1) is 0 Å². The molecule has 0 bridgehead atoms. The zero-order valence-corrected chi connectivity index (χ0v) is 11.7. The Morgan fingerprint density at radius 2 is 2.10 bits per heavy atom. The molecule has 1 aromatic carbocycles. The summed E-state index contributed by atoms with van der Waals surface area (Å²) in [5, 5.41) is 7.03.